The molecule has 0 aliphatic carbocycles. The summed E-state index contributed by atoms with van der Waals surface area (Å²) in [6.07, 6.45) is 2.71. The van der Waals surface area contributed by atoms with Gasteiger partial charge in [0, 0.05) is 49.2 Å². The number of benzene rings is 1. The zero-order chi connectivity index (χ0) is 17.8. The lowest BCUT2D eigenvalue weighted by atomic mass is 10.1. The smallest absolute Gasteiger partial charge is 0.257 e. The summed E-state index contributed by atoms with van der Waals surface area (Å²) in [5, 5.41) is 6.42. The fourth-order valence-corrected chi connectivity index (χ4v) is 3.69. The van der Waals surface area contributed by atoms with Gasteiger partial charge in [-0.1, -0.05) is 12.1 Å². The van der Waals surface area contributed by atoms with Crippen molar-refractivity contribution in [1.29, 1.82) is 0 Å². The molecule has 0 radical (unpaired) electrons. The molecule has 6 nitrogen and oxygen atoms in total. The van der Waals surface area contributed by atoms with Crippen LogP contribution in [0.1, 0.15) is 34.1 Å². The second kappa shape index (κ2) is 7.76. The van der Waals surface area contributed by atoms with E-state index in [1.807, 2.05) is 31.2 Å². The van der Waals surface area contributed by atoms with Crippen molar-refractivity contribution in [2.75, 3.05) is 18.4 Å². The van der Waals surface area contributed by atoms with Crippen LogP contribution in [0, 0.1) is 6.92 Å². The van der Waals surface area contributed by atoms with E-state index in [1.54, 1.807) is 13.1 Å². The number of nitrogens with one attached hydrogen (secondary N) is 2. The molecular formula is C18H22N4O2S. The lowest BCUT2D eigenvalue weighted by Gasteiger charge is -2.16. The molecule has 2 heterocycles. The molecular weight excluding hydrogens is 336 g/mol. The summed E-state index contributed by atoms with van der Waals surface area (Å²) >= 11 is 1.46. The number of aromatic nitrogens is 1. The first-order valence-corrected chi connectivity index (χ1v) is 9.13. The molecule has 1 aromatic heterocycles. The second-order valence-corrected chi connectivity index (χ2v) is 7.59. The first-order chi connectivity index (χ1) is 12.0. The van der Waals surface area contributed by atoms with E-state index in [4.69, 9.17) is 0 Å². The van der Waals surface area contributed by atoms with E-state index in [2.05, 4.69) is 20.5 Å². The van der Waals surface area contributed by atoms with Gasteiger partial charge in [0.25, 0.3) is 5.91 Å². The molecule has 0 saturated carbocycles. The molecule has 2 aromatic rings. The highest BCUT2D eigenvalue weighted by molar-refractivity contribution is 7.15. The molecule has 3 rings (SSSR count). The fraction of sp³-hybridized carbons (Fsp3) is 0.389. The molecule has 0 bridgehead atoms. The predicted molar refractivity (Wildman–Crippen MR) is 98.7 cm³/mol. The Hall–Kier alpha value is -2.25. The Morgan fingerprint density at radius 1 is 1.40 bits per heavy atom. The van der Waals surface area contributed by atoms with Gasteiger partial charge in [-0.15, -0.1) is 11.3 Å². The Morgan fingerprint density at radius 3 is 2.96 bits per heavy atom. The van der Waals surface area contributed by atoms with Gasteiger partial charge in [0.05, 0.1) is 0 Å². The minimum Gasteiger partial charge on any atom is -0.352 e. The summed E-state index contributed by atoms with van der Waals surface area (Å²) < 4.78 is 0. The van der Waals surface area contributed by atoms with E-state index in [0.29, 0.717) is 10.7 Å². The zero-order valence-corrected chi connectivity index (χ0v) is 15.2. The van der Waals surface area contributed by atoms with Crippen LogP contribution in [-0.4, -0.2) is 40.8 Å². The van der Waals surface area contributed by atoms with E-state index in [0.717, 1.165) is 36.5 Å². The number of nitrogens with zero attached hydrogens (tertiary/aromatic N) is 2. The third-order valence-electron chi connectivity index (χ3n) is 4.12. The number of hydrogen-bond donors (Lipinski definition) is 2. The topological polar surface area (TPSA) is 74.3 Å². The number of thiazole rings is 1. The maximum Gasteiger partial charge on any atom is 0.257 e. The number of aryl methyl sites for hydroxylation is 1. The number of rotatable bonds is 5. The number of hydrogen-bond acceptors (Lipinski definition) is 5. The summed E-state index contributed by atoms with van der Waals surface area (Å²) in [5.41, 5.74) is 1.72. The number of amides is 2. The molecule has 1 aromatic carbocycles. The van der Waals surface area contributed by atoms with Crippen LogP contribution in [0.15, 0.2) is 30.5 Å². The first-order valence-electron chi connectivity index (χ1n) is 8.32. The highest BCUT2D eigenvalue weighted by Gasteiger charge is 2.23. The molecule has 1 saturated heterocycles. The van der Waals surface area contributed by atoms with Crippen LogP contribution < -0.4 is 10.6 Å². The third-order valence-corrected chi connectivity index (χ3v) is 4.95. The lowest BCUT2D eigenvalue weighted by molar-refractivity contribution is -0.119. The van der Waals surface area contributed by atoms with E-state index >= 15 is 0 Å². The van der Waals surface area contributed by atoms with E-state index in [9.17, 15) is 9.59 Å². The maximum absolute atomic E-state index is 12.4. The SMILES string of the molecule is CC(=O)N[C@@H]1CCN(Cc2cccc(C(=O)Nc3ncc(C)s3)c2)C1. The van der Waals surface area contributed by atoms with Gasteiger partial charge in [-0.05, 0) is 31.0 Å². The highest BCUT2D eigenvalue weighted by atomic mass is 32.1. The first kappa shape index (κ1) is 17.6. The van der Waals surface area contributed by atoms with Crippen molar-refractivity contribution in [2.45, 2.75) is 32.9 Å². The number of anilines is 1. The van der Waals surface area contributed by atoms with Crippen LogP contribution in [0.4, 0.5) is 5.13 Å². The van der Waals surface area contributed by atoms with Crippen molar-refractivity contribution < 1.29 is 9.59 Å². The average Bonchev–Trinajstić information content (AvgIpc) is 3.16. The molecule has 0 spiro atoms. The second-order valence-electron chi connectivity index (χ2n) is 6.35. The summed E-state index contributed by atoms with van der Waals surface area (Å²) in [5.74, 6) is -0.128. The predicted octanol–water partition coefficient (Wildman–Crippen LogP) is 2.41. The number of carbonyl (C=O) groups excluding carboxylic acids is 2. The van der Waals surface area contributed by atoms with Crippen LogP contribution in [0.5, 0.6) is 0 Å². The summed E-state index contributed by atoms with van der Waals surface area (Å²) in [6, 6.07) is 7.87. The van der Waals surface area contributed by atoms with E-state index < -0.39 is 0 Å². The fourth-order valence-electron chi connectivity index (χ4n) is 3.03. The Morgan fingerprint density at radius 2 is 2.24 bits per heavy atom. The van der Waals surface area contributed by atoms with Crippen molar-refractivity contribution in [1.82, 2.24) is 15.2 Å². The van der Waals surface area contributed by atoms with Crippen LogP contribution in [0.2, 0.25) is 0 Å². The van der Waals surface area contributed by atoms with Gasteiger partial charge in [-0.3, -0.25) is 19.8 Å². The lowest BCUT2D eigenvalue weighted by Crippen LogP contribution is -2.35. The van der Waals surface area contributed by atoms with Gasteiger partial charge in [0.1, 0.15) is 0 Å². The van der Waals surface area contributed by atoms with Gasteiger partial charge in [0.2, 0.25) is 5.91 Å². The summed E-state index contributed by atoms with van der Waals surface area (Å²) in [6.45, 7) is 6.06. The number of likely N-dealkylation sites (tertiary alicyclic amines) is 1. The van der Waals surface area contributed by atoms with Crippen LogP contribution in [0.25, 0.3) is 0 Å². The molecule has 2 amide bonds. The number of carbonyl (C=O) groups is 2. The van der Waals surface area contributed by atoms with Crippen LogP contribution in [-0.2, 0) is 11.3 Å². The Balaban J connectivity index is 1.60. The monoisotopic (exact) mass is 358 g/mol. The Bertz CT molecular complexity index is 774. The van der Waals surface area contributed by atoms with Crippen molar-refractivity contribution in [3.63, 3.8) is 0 Å². The van der Waals surface area contributed by atoms with Crippen molar-refractivity contribution >= 4 is 28.3 Å². The quantitative estimate of drug-likeness (QED) is 0.861. The van der Waals surface area contributed by atoms with Crippen LogP contribution >= 0.6 is 11.3 Å². The van der Waals surface area contributed by atoms with Crippen molar-refractivity contribution in [2.24, 2.45) is 0 Å². The minimum absolute atomic E-state index is 0.0166. The molecule has 1 atom stereocenters. The van der Waals surface area contributed by atoms with Gasteiger partial charge < -0.3 is 5.32 Å². The molecule has 132 valence electrons. The summed E-state index contributed by atoms with van der Waals surface area (Å²) in [7, 11) is 0. The molecule has 1 fully saturated rings. The standard InChI is InChI=1S/C18H22N4O2S/c1-12-9-19-18(25-12)21-17(24)15-5-3-4-14(8-15)10-22-7-6-16(11-22)20-13(2)23/h3-5,8-9,16H,6-7,10-11H2,1-2H3,(H,20,23)(H,19,21,24)/t16-/m1/s1. The van der Waals surface area contributed by atoms with Gasteiger partial charge in [-0.25, -0.2) is 4.98 Å². The van der Waals surface area contributed by atoms with Gasteiger partial charge >= 0.3 is 0 Å². The molecule has 0 unspecified atom stereocenters. The van der Waals surface area contributed by atoms with Gasteiger partial charge in [0.15, 0.2) is 5.13 Å². The van der Waals surface area contributed by atoms with Crippen molar-refractivity contribution in [3.8, 4) is 0 Å². The molecule has 1 aliphatic rings. The molecule has 7 heteroatoms. The average molecular weight is 358 g/mol. The normalized spacial score (nSPS) is 17.4. The molecule has 25 heavy (non-hydrogen) atoms. The molecule has 1 aliphatic heterocycles. The Labute approximate surface area is 151 Å². The third kappa shape index (κ3) is 4.87. The minimum atomic E-state index is -0.145. The zero-order valence-electron chi connectivity index (χ0n) is 14.4. The summed E-state index contributed by atoms with van der Waals surface area (Å²) in [4.78, 5) is 31.1. The molecule has 2 N–H and O–H groups in total. The van der Waals surface area contributed by atoms with E-state index in [-0.39, 0.29) is 17.9 Å². The van der Waals surface area contributed by atoms with Crippen LogP contribution in [0.3, 0.4) is 0 Å². The Kier molecular flexibility index (Phi) is 5.45. The van der Waals surface area contributed by atoms with E-state index in [1.165, 1.54) is 11.3 Å². The van der Waals surface area contributed by atoms with Crippen molar-refractivity contribution in [3.05, 3.63) is 46.5 Å². The highest BCUT2D eigenvalue weighted by Crippen LogP contribution is 2.19. The van der Waals surface area contributed by atoms with Gasteiger partial charge in [-0.2, -0.15) is 0 Å². The maximum atomic E-state index is 12.4. The largest absolute Gasteiger partial charge is 0.352 e.